The summed E-state index contributed by atoms with van der Waals surface area (Å²) in [6.45, 7) is -0.675. The molecule has 1 aromatic heterocycles. The van der Waals surface area contributed by atoms with Gasteiger partial charge in [-0.1, -0.05) is 11.6 Å². The number of sulfonamides is 1. The Bertz CT molecular complexity index is 1050. The minimum Gasteiger partial charge on any atom is -0.451 e. The molecule has 0 atom stereocenters. The molecule has 13 heteroatoms. The van der Waals surface area contributed by atoms with Crippen LogP contribution in [0.1, 0.15) is 10.5 Å². The second-order valence-corrected chi connectivity index (χ2v) is 7.72. The van der Waals surface area contributed by atoms with Gasteiger partial charge in [0, 0.05) is 25.4 Å². The van der Waals surface area contributed by atoms with Crippen LogP contribution in [0.15, 0.2) is 35.4 Å². The van der Waals surface area contributed by atoms with E-state index in [1.54, 1.807) is 0 Å². The summed E-state index contributed by atoms with van der Waals surface area (Å²) in [4.78, 5) is 33.9. The second-order valence-electron chi connectivity index (χ2n) is 5.43. The zero-order valence-corrected chi connectivity index (χ0v) is 16.2. The van der Waals surface area contributed by atoms with Crippen LogP contribution in [0.4, 0.5) is 11.4 Å². The molecule has 1 amide bonds. The van der Waals surface area contributed by atoms with Crippen molar-refractivity contribution >= 4 is 44.9 Å². The average molecular weight is 431 g/mol. The maximum Gasteiger partial charge on any atom is 0.355 e. The molecule has 2 rings (SSSR count). The van der Waals surface area contributed by atoms with Crippen molar-refractivity contribution in [1.82, 2.24) is 9.29 Å². The van der Waals surface area contributed by atoms with Crippen molar-refractivity contribution in [2.45, 2.75) is 4.90 Å². The lowest BCUT2D eigenvalue weighted by Gasteiger charge is -2.08. The number of non-ortho nitro benzene ring substituents is 1. The zero-order valence-electron chi connectivity index (χ0n) is 14.6. The van der Waals surface area contributed by atoms with Crippen molar-refractivity contribution in [2.75, 3.05) is 19.0 Å². The summed E-state index contributed by atoms with van der Waals surface area (Å²) in [5.74, 6) is -1.65. The molecule has 2 N–H and O–H groups in total. The van der Waals surface area contributed by atoms with E-state index < -0.39 is 33.4 Å². The normalized spacial score (nSPS) is 11.1. The number of hydrogen-bond acceptors (Lipinski definition) is 7. The van der Waals surface area contributed by atoms with Gasteiger partial charge in [-0.05, 0) is 19.2 Å². The van der Waals surface area contributed by atoms with Gasteiger partial charge in [0.2, 0.25) is 10.0 Å². The summed E-state index contributed by atoms with van der Waals surface area (Å²) in [6, 6.07) is 4.57. The van der Waals surface area contributed by atoms with Crippen LogP contribution in [0.3, 0.4) is 0 Å². The van der Waals surface area contributed by atoms with E-state index in [0.717, 1.165) is 18.2 Å². The molecule has 11 nitrogen and oxygen atoms in total. The van der Waals surface area contributed by atoms with Gasteiger partial charge in [0.05, 0.1) is 15.6 Å². The highest BCUT2D eigenvalue weighted by Crippen LogP contribution is 2.26. The Labute approximate surface area is 164 Å². The van der Waals surface area contributed by atoms with E-state index >= 15 is 0 Å². The third-order valence-corrected chi connectivity index (χ3v) is 5.23. The Morgan fingerprint density at radius 1 is 1.32 bits per heavy atom. The third-order valence-electron chi connectivity index (χ3n) is 3.54. The number of anilines is 1. The van der Waals surface area contributed by atoms with Gasteiger partial charge in [0.1, 0.15) is 10.6 Å². The number of esters is 1. The van der Waals surface area contributed by atoms with Crippen molar-refractivity contribution in [3.63, 3.8) is 0 Å². The molecule has 1 aromatic carbocycles. The van der Waals surface area contributed by atoms with E-state index in [1.807, 2.05) is 0 Å². The lowest BCUT2D eigenvalue weighted by molar-refractivity contribution is -0.384. The Hall–Kier alpha value is -2.96. The molecule has 0 saturated heterocycles. The summed E-state index contributed by atoms with van der Waals surface area (Å²) < 4.78 is 31.8. The minimum atomic E-state index is -3.74. The number of carbonyl (C=O) groups excluding carboxylic acids is 2. The highest BCUT2D eigenvalue weighted by Gasteiger charge is 2.21. The van der Waals surface area contributed by atoms with Crippen LogP contribution in [-0.4, -0.2) is 43.4 Å². The second kappa shape index (κ2) is 8.37. The number of halogens is 1. The van der Waals surface area contributed by atoms with Crippen molar-refractivity contribution in [2.24, 2.45) is 7.05 Å². The monoisotopic (exact) mass is 430 g/mol. The number of hydrogen-bond donors (Lipinski definition) is 2. The van der Waals surface area contributed by atoms with Crippen molar-refractivity contribution < 1.29 is 27.7 Å². The first-order valence-electron chi connectivity index (χ1n) is 7.56. The Morgan fingerprint density at radius 2 is 2.00 bits per heavy atom. The number of nitrogens with one attached hydrogen (secondary N) is 2. The number of nitro benzene ring substituents is 1. The van der Waals surface area contributed by atoms with E-state index in [1.165, 1.54) is 30.9 Å². The van der Waals surface area contributed by atoms with Gasteiger partial charge in [0.15, 0.2) is 6.61 Å². The molecular formula is C15H15ClN4O7S. The largest absolute Gasteiger partial charge is 0.451 e. The smallest absolute Gasteiger partial charge is 0.355 e. The first-order chi connectivity index (χ1) is 13.0. The lowest BCUT2D eigenvalue weighted by atomic mass is 10.3. The topological polar surface area (TPSA) is 150 Å². The Kier molecular flexibility index (Phi) is 6.38. The number of benzene rings is 1. The molecule has 0 spiro atoms. The van der Waals surface area contributed by atoms with Crippen molar-refractivity contribution in [3.8, 4) is 0 Å². The molecule has 2 aromatic rings. The number of aryl methyl sites for hydroxylation is 1. The Morgan fingerprint density at radius 3 is 2.57 bits per heavy atom. The molecule has 0 radical (unpaired) electrons. The SMILES string of the molecule is CNS(=O)(=O)c1cc(C(=O)OCC(=O)Nc2ccc([N+](=O)[O-])cc2Cl)n(C)c1. The summed E-state index contributed by atoms with van der Waals surface area (Å²) in [7, 11) is -1.06. The molecule has 1 heterocycles. The number of amides is 1. The minimum absolute atomic E-state index is 0.0572. The highest BCUT2D eigenvalue weighted by molar-refractivity contribution is 7.89. The molecule has 0 aliphatic heterocycles. The van der Waals surface area contributed by atoms with Crippen LogP contribution < -0.4 is 10.0 Å². The third kappa shape index (κ3) is 4.85. The fourth-order valence-electron chi connectivity index (χ4n) is 2.11. The van der Waals surface area contributed by atoms with Gasteiger partial charge in [-0.25, -0.2) is 17.9 Å². The molecule has 28 heavy (non-hydrogen) atoms. The maximum atomic E-state index is 12.1. The molecule has 0 aliphatic rings. The molecular weight excluding hydrogens is 416 g/mol. The maximum absolute atomic E-state index is 12.1. The van der Waals surface area contributed by atoms with Gasteiger partial charge < -0.3 is 14.6 Å². The predicted octanol–water partition coefficient (Wildman–Crippen LogP) is 1.29. The fourth-order valence-corrected chi connectivity index (χ4v) is 3.13. The molecule has 0 fully saturated rings. The number of nitrogens with zero attached hydrogens (tertiary/aromatic N) is 2. The number of aromatic nitrogens is 1. The number of ether oxygens (including phenoxy) is 1. The molecule has 150 valence electrons. The lowest BCUT2D eigenvalue weighted by Crippen LogP contribution is -2.22. The number of rotatable bonds is 7. The van der Waals surface area contributed by atoms with Crippen LogP contribution in [0, 0.1) is 10.1 Å². The van der Waals surface area contributed by atoms with Crippen LogP contribution in [-0.2, 0) is 26.6 Å². The molecule has 0 unspecified atom stereocenters. The van der Waals surface area contributed by atoms with Crippen LogP contribution >= 0.6 is 11.6 Å². The van der Waals surface area contributed by atoms with Gasteiger partial charge in [-0.3, -0.25) is 14.9 Å². The summed E-state index contributed by atoms with van der Waals surface area (Å²) >= 11 is 5.86. The van der Waals surface area contributed by atoms with E-state index in [2.05, 4.69) is 10.0 Å². The van der Waals surface area contributed by atoms with Gasteiger partial charge in [0.25, 0.3) is 11.6 Å². The van der Waals surface area contributed by atoms with E-state index in [-0.39, 0.29) is 27.0 Å². The fraction of sp³-hybridized carbons (Fsp3) is 0.200. The van der Waals surface area contributed by atoms with E-state index in [0.29, 0.717) is 0 Å². The van der Waals surface area contributed by atoms with Crippen LogP contribution in [0.2, 0.25) is 5.02 Å². The Balaban J connectivity index is 2.02. The predicted molar refractivity (Wildman–Crippen MR) is 98.7 cm³/mol. The average Bonchev–Trinajstić information content (AvgIpc) is 3.04. The van der Waals surface area contributed by atoms with Crippen molar-refractivity contribution in [3.05, 3.63) is 51.3 Å². The van der Waals surface area contributed by atoms with Gasteiger partial charge >= 0.3 is 5.97 Å². The standard InChI is InChI=1S/C15H15ClN4O7S/c1-17-28(25,26)10-6-13(19(2)7-10)15(22)27-8-14(21)18-12-4-3-9(20(23)24)5-11(12)16/h3-7,17H,8H2,1-2H3,(H,18,21). The first-order valence-corrected chi connectivity index (χ1v) is 9.42. The van der Waals surface area contributed by atoms with Gasteiger partial charge in [-0.15, -0.1) is 0 Å². The quantitative estimate of drug-likeness (QED) is 0.381. The first kappa shape index (κ1) is 21.3. The summed E-state index contributed by atoms with van der Waals surface area (Å²) in [5.41, 5.74) is -0.213. The highest BCUT2D eigenvalue weighted by atomic mass is 35.5. The molecule has 0 aliphatic carbocycles. The van der Waals surface area contributed by atoms with Crippen molar-refractivity contribution in [1.29, 1.82) is 0 Å². The number of carbonyl (C=O) groups is 2. The zero-order chi connectivity index (χ0) is 21.1. The van der Waals surface area contributed by atoms with E-state index in [9.17, 15) is 28.1 Å². The van der Waals surface area contributed by atoms with Crippen LogP contribution in [0.25, 0.3) is 0 Å². The van der Waals surface area contributed by atoms with Crippen LogP contribution in [0.5, 0.6) is 0 Å². The summed E-state index contributed by atoms with van der Waals surface area (Å²) in [5, 5.41) is 13.0. The number of nitro groups is 1. The van der Waals surface area contributed by atoms with E-state index in [4.69, 9.17) is 16.3 Å². The summed E-state index contributed by atoms with van der Waals surface area (Å²) in [6.07, 6.45) is 1.22. The molecule has 0 bridgehead atoms. The molecule has 0 saturated carbocycles. The van der Waals surface area contributed by atoms with Gasteiger partial charge in [-0.2, -0.15) is 0 Å².